The van der Waals surface area contributed by atoms with Crippen LogP contribution in [0.3, 0.4) is 0 Å². The molecular formula is C9H15NO3. The van der Waals surface area contributed by atoms with Crippen LogP contribution in [-0.2, 0) is 9.53 Å². The monoisotopic (exact) mass is 185 g/mol. The fourth-order valence-electron chi connectivity index (χ4n) is 1.76. The minimum atomic E-state index is -0.112. The molecule has 0 aromatic carbocycles. The zero-order valence-corrected chi connectivity index (χ0v) is 7.77. The maximum Gasteiger partial charge on any atom is 0.308 e. The fraction of sp³-hybridized carbons (Fsp3) is 0.778. The Morgan fingerprint density at radius 1 is 1.46 bits per heavy atom. The lowest BCUT2D eigenvalue weighted by atomic mass is 9.83. The Kier molecular flexibility index (Phi) is 3.73. The molecule has 4 heteroatoms. The van der Waals surface area contributed by atoms with Crippen LogP contribution in [0.15, 0.2) is 5.16 Å². The van der Waals surface area contributed by atoms with E-state index in [0.29, 0.717) is 5.92 Å². The smallest absolute Gasteiger partial charge is 0.308 e. The van der Waals surface area contributed by atoms with Crippen molar-refractivity contribution in [2.75, 3.05) is 7.11 Å². The standard InChI is InChI=1S/C9H15NO3/c1-13-9(11)8-4-2-7(3-5-8)6-10-12/h6-8,12H,2-5H2,1H3. The first kappa shape index (κ1) is 10.0. The molecular weight excluding hydrogens is 170 g/mol. The van der Waals surface area contributed by atoms with E-state index in [-0.39, 0.29) is 11.9 Å². The lowest BCUT2D eigenvalue weighted by molar-refractivity contribution is -0.146. The van der Waals surface area contributed by atoms with E-state index in [9.17, 15) is 4.79 Å². The van der Waals surface area contributed by atoms with Crippen LogP contribution in [0.2, 0.25) is 0 Å². The second kappa shape index (κ2) is 4.84. The maximum absolute atomic E-state index is 11.1. The van der Waals surface area contributed by atoms with Gasteiger partial charge < -0.3 is 9.94 Å². The molecule has 4 nitrogen and oxygen atoms in total. The van der Waals surface area contributed by atoms with Gasteiger partial charge in [0.15, 0.2) is 0 Å². The molecule has 1 N–H and O–H groups in total. The number of hydrogen-bond acceptors (Lipinski definition) is 4. The number of carbonyl (C=O) groups is 1. The second-order valence-electron chi connectivity index (χ2n) is 3.40. The minimum Gasteiger partial charge on any atom is -0.469 e. The molecule has 1 saturated carbocycles. The Hall–Kier alpha value is -1.06. The Labute approximate surface area is 77.6 Å². The van der Waals surface area contributed by atoms with Crippen molar-refractivity contribution in [3.05, 3.63) is 0 Å². The molecule has 0 aliphatic heterocycles. The number of esters is 1. The van der Waals surface area contributed by atoms with E-state index in [1.54, 1.807) is 6.21 Å². The second-order valence-corrected chi connectivity index (χ2v) is 3.40. The molecule has 0 unspecified atom stereocenters. The summed E-state index contributed by atoms with van der Waals surface area (Å²) < 4.78 is 4.66. The highest BCUT2D eigenvalue weighted by molar-refractivity contribution is 5.72. The SMILES string of the molecule is COC(=O)C1CCC(C=NO)CC1. The molecule has 0 amide bonds. The van der Waals surface area contributed by atoms with Gasteiger partial charge >= 0.3 is 5.97 Å². The third-order valence-corrected chi connectivity index (χ3v) is 2.58. The van der Waals surface area contributed by atoms with Crippen LogP contribution in [0.25, 0.3) is 0 Å². The van der Waals surface area contributed by atoms with E-state index in [1.165, 1.54) is 7.11 Å². The van der Waals surface area contributed by atoms with Crippen LogP contribution >= 0.6 is 0 Å². The molecule has 0 aromatic heterocycles. The number of hydrogen-bond donors (Lipinski definition) is 1. The highest BCUT2D eigenvalue weighted by atomic mass is 16.5. The predicted octanol–water partition coefficient (Wildman–Crippen LogP) is 1.43. The van der Waals surface area contributed by atoms with E-state index < -0.39 is 0 Å². The van der Waals surface area contributed by atoms with Crippen molar-refractivity contribution in [3.8, 4) is 0 Å². The van der Waals surface area contributed by atoms with E-state index in [2.05, 4.69) is 9.89 Å². The minimum absolute atomic E-state index is 0.0494. The molecule has 1 aliphatic rings. The van der Waals surface area contributed by atoms with Crippen LogP contribution in [-0.4, -0.2) is 24.5 Å². The van der Waals surface area contributed by atoms with E-state index >= 15 is 0 Å². The first-order valence-corrected chi connectivity index (χ1v) is 4.53. The van der Waals surface area contributed by atoms with Crippen LogP contribution < -0.4 is 0 Å². The molecule has 1 rings (SSSR count). The van der Waals surface area contributed by atoms with Gasteiger partial charge in [0, 0.05) is 6.21 Å². The van der Waals surface area contributed by atoms with Gasteiger partial charge in [0.1, 0.15) is 0 Å². The Bertz CT molecular complexity index is 195. The van der Waals surface area contributed by atoms with Gasteiger partial charge in [-0.1, -0.05) is 0 Å². The van der Waals surface area contributed by atoms with E-state index in [4.69, 9.17) is 5.21 Å². The zero-order chi connectivity index (χ0) is 9.68. The Morgan fingerprint density at radius 2 is 2.08 bits per heavy atom. The van der Waals surface area contributed by atoms with E-state index in [1.807, 2.05) is 0 Å². The highest BCUT2D eigenvalue weighted by Crippen LogP contribution is 2.28. The third-order valence-electron chi connectivity index (χ3n) is 2.58. The van der Waals surface area contributed by atoms with Gasteiger partial charge in [-0.25, -0.2) is 0 Å². The number of oxime groups is 1. The van der Waals surface area contributed by atoms with Crippen molar-refractivity contribution in [2.24, 2.45) is 17.0 Å². The molecule has 0 aromatic rings. The summed E-state index contributed by atoms with van der Waals surface area (Å²) in [6.07, 6.45) is 5.04. The molecule has 0 radical (unpaired) electrons. The molecule has 0 atom stereocenters. The maximum atomic E-state index is 11.1. The first-order valence-electron chi connectivity index (χ1n) is 4.53. The molecule has 1 aliphatic carbocycles. The van der Waals surface area contributed by atoms with Crippen molar-refractivity contribution in [3.63, 3.8) is 0 Å². The van der Waals surface area contributed by atoms with Crippen molar-refractivity contribution in [2.45, 2.75) is 25.7 Å². The molecule has 0 spiro atoms. The molecule has 74 valence electrons. The van der Waals surface area contributed by atoms with Crippen LogP contribution in [0, 0.1) is 11.8 Å². The number of carbonyl (C=O) groups excluding carboxylic acids is 1. The molecule has 0 saturated heterocycles. The van der Waals surface area contributed by atoms with Gasteiger partial charge in [-0.05, 0) is 31.6 Å². The summed E-state index contributed by atoms with van der Waals surface area (Å²) in [5.74, 6) is 0.263. The third kappa shape index (κ3) is 2.72. The normalized spacial score (nSPS) is 29.0. The molecule has 13 heavy (non-hydrogen) atoms. The van der Waals surface area contributed by atoms with Crippen LogP contribution in [0.4, 0.5) is 0 Å². The quantitative estimate of drug-likeness (QED) is 0.306. The largest absolute Gasteiger partial charge is 0.469 e. The van der Waals surface area contributed by atoms with Crippen LogP contribution in [0.5, 0.6) is 0 Å². The van der Waals surface area contributed by atoms with Gasteiger partial charge in [0.2, 0.25) is 0 Å². The highest BCUT2D eigenvalue weighted by Gasteiger charge is 2.25. The van der Waals surface area contributed by atoms with Crippen molar-refractivity contribution >= 4 is 12.2 Å². The van der Waals surface area contributed by atoms with Crippen molar-refractivity contribution in [1.82, 2.24) is 0 Å². The van der Waals surface area contributed by atoms with Gasteiger partial charge in [-0.2, -0.15) is 0 Å². The van der Waals surface area contributed by atoms with Crippen molar-refractivity contribution < 1.29 is 14.7 Å². The number of rotatable bonds is 2. The Balaban J connectivity index is 2.34. The topological polar surface area (TPSA) is 58.9 Å². The Morgan fingerprint density at radius 3 is 2.54 bits per heavy atom. The average Bonchev–Trinajstić information content (AvgIpc) is 2.18. The molecule has 1 fully saturated rings. The summed E-state index contributed by atoms with van der Waals surface area (Å²) in [6, 6.07) is 0. The van der Waals surface area contributed by atoms with E-state index in [0.717, 1.165) is 25.7 Å². The number of methoxy groups -OCH3 is 1. The van der Waals surface area contributed by atoms with Crippen LogP contribution in [0.1, 0.15) is 25.7 Å². The fourth-order valence-corrected chi connectivity index (χ4v) is 1.76. The summed E-state index contributed by atoms with van der Waals surface area (Å²) in [5.41, 5.74) is 0. The lowest BCUT2D eigenvalue weighted by Gasteiger charge is -2.23. The lowest BCUT2D eigenvalue weighted by Crippen LogP contribution is -2.23. The van der Waals surface area contributed by atoms with Gasteiger partial charge in [-0.15, -0.1) is 5.16 Å². The summed E-state index contributed by atoms with van der Waals surface area (Å²) in [7, 11) is 1.42. The molecule has 0 bridgehead atoms. The summed E-state index contributed by atoms with van der Waals surface area (Å²) in [4.78, 5) is 11.1. The zero-order valence-electron chi connectivity index (χ0n) is 7.77. The van der Waals surface area contributed by atoms with Gasteiger partial charge in [-0.3, -0.25) is 4.79 Å². The summed E-state index contributed by atoms with van der Waals surface area (Å²) in [6.45, 7) is 0. The van der Waals surface area contributed by atoms with Gasteiger partial charge in [0.25, 0.3) is 0 Å². The summed E-state index contributed by atoms with van der Waals surface area (Å²) in [5, 5.41) is 11.3. The number of nitrogens with zero attached hydrogens (tertiary/aromatic N) is 1. The number of ether oxygens (including phenoxy) is 1. The van der Waals surface area contributed by atoms with Crippen molar-refractivity contribution in [1.29, 1.82) is 0 Å². The molecule has 0 heterocycles. The summed E-state index contributed by atoms with van der Waals surface area (Å²) >= 11 is 0. The average molecular weight is 185 g/mol. The predicted molar refractivity (Wildman–Crippen MR) is 47.7 cm³/mol. The van der Waals surface area contributed by atoms with Gasteiger partial charge in [0.05, 0.1) is 13.0 Å². The first-order chi connectivity index (χ1) is 6.27.